The predicted octanol–water partition coefficient (Wildman–Crippen LogP) is 2.83. The second-order valence-corrected chi connectivity index (χ2v) is 8.75. The number of carboxylic acids is 2. The standard InChI is InChI=1S/C20H25N3O2.2C2H4O2/c1-2-18-15(3-10-24-18)11-16(1)19-22-8-9-23(19)13-17-12-20(14-25-17)4-6-21-7-5-20;2*1-2(3)4/h1-2,8-9,11,17,21H,3-7,10,12-14H2;2*1H3,(H,3,4). The summed E-state index contributed by atoms with van der Waals surface area (Å²) in [6.45, 7) is 7.02. The second-order valence-electron chi connectivity index (χ2n) is 8.75. The lowest BCUT2D eigenvalue weighted by molar-refractivity contribution is -0.135. The number of hydrogen-bond donors (Lipinski definition) is 3. The first-order valence-corrected chi connectivity index (χ1v) is 11.3. The Morgan fingerprint density at radius 1 is 1.21 bits per heavy atom. The molecule has 0 bridgehead atoms. The van der Waals surface area contributed by atoms with Crippen LogP contribution in [0.1, 0.15) is 38.7 Å². The topological polar surface area (TPSA) is 123 Å². The van der Waals surface area contributed by atoms with E-state index in [-0.39, 0.29) is 0 Å². The van der Waals surface area contributed by atoms with E-state index in [9.17, 15) is 0 Å². The Kier molecular flexibility index (Phi) is 8.46. The highest BCUT2D eigenvalue weighted by molar-refractivity contribution is 5.63. The highest BCUT2D eigenvalue weighted by Crippen LogP contribution is 2.41. The fourth-order valence-electron chi connectivity index (χ4n) is 4.58. The van der Waals surface area contributed by atoms with Crippen molar-refractivity contribution >= 4 is 11.9 Å². The molecule has 1 aromatic heterocycles. The van der Waals surface area contributed by atoms with Gasteiger partial charge in [0.25, 0.3) is 11.9 Å². The summed E-state index contributed by atoms with van der Waals surface area (Å²) in [5, 5.41) is 18.3. The lowest BCUT2D eigenvalue weighted by Crippen LogP contribution is -2.37. The molecule has 180 valence electrons. The zero-order chi connectivity index (χ0) is 23.8. The summed E-state index contributed by atoms with van der Waals surface area (Å²) in [6, 6.07) is 6.42. The number of rotatable bonds is 3. The minimum Gasteiger partial charge on any atom is -0.493 e. The van der Waals surface area contributed by atoms with E-state index >= 15 is 0 Å². The molecule has 2 saturated heterocycles. The molecule has 3 aliphatic rings. The Morgan fingerprint density at radius 2 is 1.91 bits per heavy atom. The molecule has 9 nitrogen and oxygen atoms in total. The zero-order valence-corrected chi connectivity index (χ0v) is 19.2. The number of imidazole rings is 1. The molecule has 5 rings (SSSR count). The third-order valence-corrected chi connectivity index (χ3v) is 6.01. The summed E-state index contributed by atoms with van der Waals surface area (Å²) in [5.74, 6) is 0.387. The number of aliphatic carboxylic acids is 2. The number of nitrogens with zero attached hydrogens (tertiary/aromatic N) is 2. The molecule has 1 atom stereocenters. The molecule has 1 aromatic carbocycles. The average Bonchev–Trinajstić information content (AvgIpc) is 3.48. The first-order valence-electron chi connectivity index (χ1n) is 11.3. The first-order chi connectivity index (χ1) is 15.8. The van der Waals surface area contributed by atoms with Crippen molar-refractivity contribution < 1.29 is 29.3 Å². The van der Waals surface area contributed by atoms with Crippen LogP contribution in [0.2, 0.25) is 0 Å². The van der Waals surface area contributed by atoms with Crippen LogP contribution in [-0.2, 0) is 27.3 Å². The Labute approximate surface area is 193 Å². The molecule has 0 amide bonds. The van der Waals surface area contributed by atoms with E-state index in [0.717, 1.165) is 64.7 Å². The smallest absolute Gasteiger partial charge is 0.300 e. The van der Waals surface area contributed by atoms with E-state index in [1.807, 2.05) is 6.20 Å². The van der Waals surface area contributed by atoms with E-state index in [1.54, 1.807) is 0 Å². The predicted molar refractivity (Wildman–Crippen MR) is 122 cm³/mol. The van der Waals surface area contributed by atoms with Gasteiger partial charge in [0.15, 0.2) is 0 Å². The molecule has 3 aliphatic heterocycles. The second kappa shape index (κ2) is 11.3. The van der Waals surface area contributed by atoms with E-state index in [0.29, 0.717) is 11.5 Å². The number of carbonyl (C=O) groups is 2. The molecule has 0 radical (unpaired) electrons. The fraction of sp³-hybridized carbons (Fsp3) is 0.542. The van der Waals surface area contributed by atoms with Crippen molar-refractivity contribution in [3.05, 3.63) is 36.2 Å². The number of benzene rings is 1. The lowest BCUT2D eigenvalue weighted by Gasteiger charge is -2.32. The summed E-state index contributed by atoms with van der Waals surface area (Å²) in [5.41, 5.74) is 2.86. The lowest BCUT2D eigenvalue weighted by atomic mass is 9.77. The van der Waals surface area contributed by atoms with Crippen molar-refractivity contribution in [1.82, 2.24) is 14.9 Å². The average molecular weight is 460 g/mol. The number of nitrogens with one attached hydrogen (secondary N) is 1. The van der Waals surface area contributed by atoms with E-state index in [1.165, 1.54) is 30.4 Å². The van der Waals surface area contributed by atoms with Crippen LogP contribution in [0.15, 0.2) is 30.6 Å². The third-order valence-electron chi connectivity index (χ3n) is 6.01. The van der Waals surface area contributed by atoms with Crippen molar-refractivity contribution in [3.8, 4) is 17.1 Å². The van der Waals surface area contributed by atoms with Crippen molar-refractivity contribution in [2.45, 2.75) is 52.2 Å². The highest BCUT2D eigenvalue weighted by Gasteiger charge is 2.40. The largest absolute Gasteiger partial charge is 0.493 e. The van der Waals surface area contributed by atoms with Crippen molar-refractivity contribution in [2.75, 3.05) is 26.3 Å². The summed E-state index contributed by atoms with van der Waals surface area (Å²) < 4.78 is 14.1. The van der Waals surface area contributed by atoms with Crippen LogP contribution in [0.3, 0.4) is 0 Å². The first kappa shape index (κ1) is 24.7. The van der Waals surface area contributed by atoms with Gasteiger partial charge in [-0.3, -0.25) is 9.59 Å². The van der Waals surface area contributed by atoms with Crippen LogP contribution in [0.5, 0.6) is 5.75 Å². The van der Waals surface area contributed by atoms with Crippen molar-refractivity contribution in [3.63, 3.8) is 0 Å². The minimum absolute atomic E-state index is 0.295. The van der Waals surface area contributed by atoms with Crippen LogP contribution >= 0.6 is 0 Å². The molecule has 2 aromatic rings. The number of aromatic nitrogens is 2. The van der Waals surface area contributed by atoms with Gasteiger partial charge < -0.3 is 29.6 Å². The normalized spacial score (nSPS) is 20.0. The van der Waals surface area contributed by atoms with Gasteiger partial charge in [-0.15, -0.1) is 0 Å². The Hall–Kier alpha value is -2.91. The number of hydrogen-bond acceptors (Lipinski definition) is 6. The minimum atomic E-state index is -0.833. The quantitative estimate of drug-likeness (QED) is 0.640. The van der Waals surface area contributed by atoms with Gasteiger partial charge >= 0.3 is 0 Å². The number of ether oxygens (including phenoxy) is 2. The molecule has 3 N–H and O–H groups in total. The molecule has 1 unspecified atom stereocenters. The van der Waals surface area contributed by atoms with Crippen molar-refractivity contribution in [1.29, 1.82) is 0 Å². The summed E-state index contributed by atoms with van der Waals surface area (Å²) in [4.78, 5) is 22.6. The summed E-state index contributed by atoms with van der Waals surface area (Å²) in [6.07, 6.45) is 8.92. The van der Waals surface area contributed by atoms with Crippen LogP contribution in [0.25, 0.3) is 11.4 Å². The van der Waals surface area contributed by atoms with Gasteiger partial charge in [0.2, 0.25) is 0 Å². The van der Waals surface area contributed by atoms with Gasteiger partial charge in [0.05, 0.1) is 25.9 Å². The third kappa shape index (κ3) is 7.03. The van der Waals surface area contributed by atoms with Crippen LogP contribution in [0, 0.1) is 5.41 Å². The Bertz CT molecular complexity index is 931. The van der Waals surface area contributed by atoms with E-state index < -0.39 is 11.9 Å². The fourth-order valence-corrected chi connectivity index (χ4v) is 4.58. The maximum atomic E-state index is 9.00. The molecule has 9 heteroatoms. The molecular formula is C24H33N3O6. The van der Waals surface area contributed by atoms with E-state index in [4.69, 9.17) is 29.3 Å². The molecule has 0 saturated carbocycles. The molecule has 1 spiro atoms. The van der Waals surface area contributed by atoms with Gasteiger partial charge in [-0.25, -0.2) is 4.98 Å². The van der Waals surface area contributed by atoms with Crippen LogP contribution < -0.4 is 10.1 Å². The van der Waals surface area contributed by atoms with Gasteiger partial charge in [-0.2, -0.15) is 0 Å². The molecule has 33 heavy (non-hydrogen) atoms. The van der Waals surface area contributed by atoms with Gasteiger partial charge in [-0.05, 0) is 61.5 Å². The SMILES string of the molecule is CC(=O)O.CC(=O)O.c1cn(CC2CC3(CCNCC3)CO2)c(-c2ccc3c(c2)CCO3)n1. The maximum absolute atomic E-state index is 9.00. The number of carboxylic acid groups (broad SMARTS) is 2. The number of fused-ring (bicyclic) bond motifs is 1. The molecular weight excluding hydrogens is 426 g/mol. The molecule has 4 heterocycles. The maximum Gasteiger partial charge on any atom is 0.300 e. The summed E-state index contributed by atoms with van der Waals surface area (Å²) in [7, 11) is 0. The van der Waals surface area contributed by atoms with Gasteiger partial charge in [-0.1, -0.05) is 0 Å². The zero-order valence-electron chi connectivity index (χ0n) is 19.2. The Balaban J connectivity index is 0.000000335. The number of piperidine rings is 1. The highest BCUT2D eigenvalue weighted by atomic mass is 16.5. The van der Waals surface area contributed by atoms with Crippen molar-refractivity contribution in [2.24, 2.45) is 5.41 Å². The Morgan fingerprint density at radius 3 is 2.61 bits per heavy atom. The molecule has 0 aliphatic carbocycles. The monoisotopic (exact) mass is 459 g/mol. The van der Waals surface area contributed by atoms with Crippen LogP contribution in [-0.4, -0.2) is 64.1 Å². The van der Waals surface area contributed by atoms with Gasteiger partial charge in [0.1, 0.15) is 11.6 Å². The molecule has 2 fully saturated rings. The van der Waals surface area contributed by atoms with Crippen LogP contribution in [0.4, 0.5) is 0 Å². The van der Waals surface area contributed by atoms with Gasteiger partial charge in [0, 0.05) is 38.2 Å². The summed E-state index contributed by atoms with van der Waals surface area (Å²) >= 11 is 0. The van der Waals surface area contributed by atoms with E-state index in [2.05, 4.69) is 39.3 Å².